The molecule has 166 valence electrons. The van der Waals surface area contributed by atoms with Crippen molar-refractivity contribution in [2.24, 2.45) is 0 Å². The van der Waals surface area contributed by atoms with Gasteiger partial charge in [-0.3, -0.25) is 9.36 Å². The fraction of sp³-hybridized carbons (Fsp3) is 0.318. The predicted molar refractivity (Wildman–Crippen MR) is 120 cm³/mol. The van der Waals surface area contributed by atoms with Crippen molar-refractivity contribution in [1.29, 1.82) is 5.26 Å². The van der Waals surface area contributed by atoms with E-state index in [-0.39, 0.29) is 18.0 Å². The zero-order valence-corrected chi connectivity index (χ0v) is 18.5. The van der Waals surface area contributed by atoms with Gasteiger partial charge in [0.1, 0.15) is 29.4 Å². The number of nitrogens with one attached hydrogen (secondary N) is 1. The fourth-order valence-electron chi connectivity index (χ4n) is 3.80. The molecule has 4 aromatic rings. The van der Waals surface area contributed by atoms with Crippen LogP contribution in [0.4, 0.5) is 5.69 Å². The molecule has 5 rings (SSSR count). The highest BCUT2D eigenvalue weighted by Gasteiger charge is 2.31. The van der Waals surface area contributed by atoms with Gasteiger partial charge in [0.25, 0.3) is 0 Å². The molecular formula is C22H22N10O. The molecule has 5 heterocycles. The summed E-state index contributed by atoms with van der Waals surface area (Å²) >= 11 is 0. The number of carbonyl (C=O) groups is 1. The van der Waals surface area contributed by atoms with Gasteiger partial charge < -0.3 is 10.2 Å². The molecule has 1 amide bonds. The summed E-state index contributed by atoms with van der Waals surface area (Å²) in [4.78, 5) is 26.6. The van der Waals surface area contributed by atoms with Crippen LogP contribution in [0.25, 0.3) is 28.2 Å². The van der Waals surface area contributed by atoms with Crippen molar-refractivity contribution in [3.05, 3.63) is 42.6 Å². The first kappa shape index (κ1) is 20.6. The van der Waals surface area contributed by atoms with Gasteiger partial charge in [-0.05, 0) is 19.9 Å². The van der Waals surface area contributed by atoms with E-state index in [4.69, 9.17) is 5.26 Å². The summed E-state index contributed by atoms with van der Waals surface area (Å²) in [6.45, 7) is 6.97. The minimum atomic E-state index is 0.0696. The molecule has 11 heteroatoms. The lowest BCUT2D eigenvalue weighted by atomic mass is 10.1. The van der Waals surface area contributed by atoms with E-state index in [0.29, 0.717) is 41.3 Å². The summed E-state index contributed by atoms with van der Waals surface area (Å²) in [7, 11) is 0. The van der Waals surface area contributed by atoms with Crippen LogP contribution in [0.5, 0.6) is 0 Å². The van der Waals surface area contributed by atoms with Crippen molar-refractivity contribution in [3.63, 3.8) is 0 Å². The van der Waals surface area contributed by atoms with Crippen LogP contribution >= 0.6 is 0 Å². The number of amides is 1. The number of nitrogens with zero attached hydrogens (tertiary/aromatic N) is 9. The van der Waals surface area contributed by atoms with Crippen LogP contribution in [0, 0.1) is 11.3 Å². The molecule has 0 aliphatic carbocycles. The number of hydrogen-bond acceptors (Lipinski definition) is 8. The molecule has 0 radical (unpaired) electrons. The van der Waals surface area contributed by atoms with E-state index in [2.05, 4.69) is 50.5 Å². The van der Waals surface area contributed by atoms with Crippen LogP contribution in [-0.4, -0.2) is 64.5 Å². The maximum absolute atomic E-state index is 11.5. The van der Waals surface area contributed by atoms with E-state index >= 15 is 0 Å². The molecule has 0 bridgehead atoms. The molecule has 0 aromatic carbocycles. The molecule has 0 unspecified atom stereocenters. The molecule has 11 nitrogen and oxygen atoms in total. The molecular weight excluding hydrogens is 420 g/mol. The first-order chi connectivity index (χ1) is 15.9. The van der Waals surface area contributed by atoms with E-state index < -0.39 is 0 Å². The van der Waals surface area contributed by atoms with Gasteiger partial charge in [-0.1, -0.05) is 5.21 Å². The summed E-state index contributed by atoms with van der Waals surface area (Å²) in [6, 6.07) is 6.02. The summed E-state index contributed by atoms with van der Waals surface area (Å²) in [5.41, 5.74) is 4.09. The number of rotatable bonds is 5. The van der Waals surface area contributed by atoms with Crippen LogP contribution in [0.1, 0.15) is 32.4 Å². The Bertz CT molecular complexity index is 1390. The topological polar surface area (TPSA) is 130 Å². The van der Waals surface area contributed by atoms with E-state index in [9.17, 15) is 4.79 Å². The second-order valence-electron chi connectivity index (χ2n) is 8.34. The Morgan fingerprint density at radius 2 is 2.03 bits per heavy atom. The van der Waals surface area contributed by atoms with Crippen LogP contribution in [0.2, 0.25) is 0 Å². The summed E-state index contributed by atoms with van der Waals surface area (Å²) in [6.07, 6.45) is 6.82. The van der Waals surface area contributed by atoms with Gasteiger partial charge in [0.2, 0.25) is 5.91 Å². The standard InChI is InChI=1S/C22H22N10O/c1-13(2)27-18-5-21(31-12-26-19-4-15(6-23)7-25-22(19)31)24-8-17(18)20-11-32(29-28-20)16-9-30(10-16)14(3)33/h4-5,7-8,11-13,16H,9-10H2,1-3H3,(H,24,27). The predicted octanol–water partition coefficient (Wildman–Crippen LogP) is 2.17. The van der Waals surface area contributed by atoms with Crippen LogP contribution in [0.15, 0.2) is 37.1 Å². The fourth-order valence-corrected chi connectivity index (χ4v) is 3.80. The molecule has 33 heavy (non-hydrogen) atoms. The van der Waals surface area contributed by atoms with Crippen molar-refractivity contribution in [2.45, 2.75) is 32.9 Å². The van der Waals surface area contributed by atoms with Crippen LogP contribution in [0.3, 0.4) is 0 Å². The van der Waals surface area contributed by atoms with Gasteiger partial charge in [-0.2, -0.15) is 5.26 Å². The summed E-state index contributed by atoms with van der Waals surface area (Å²) in [5.74, 6) is 0.713. The third-order valence-corrected chi connectivity index (χ3v) is 5.57. The van der Waals surface area contributed by atoms with Gasteiger partial charge in [0.05, 0.1) is 17.8 Å². The lowest BCUT2D eigenvalue weighted by molar-refractivity contribution is -0.134. The molecule has 0 saturated carbocycles. The number of fused-ring (bicyclic) bond motifs is 1. The molecule has 1 aliphatic heterocycles. The second kappa shape index (κ2) is 7.98. The van der Waals surface area contributed by atoms with Crippen molar-refractivity contribution < 1.29 is 4.79 Å². The Hall–Kier alpha value is -4.33. The van der Waals surface area contributed by atoms with E-state index in [1.54, 1.807) is 35.0 Å². The monoisotopic (exact) mass is 442 g/mol. The number of nitriles is 1. The highest BCUT2D eigenvalue weighted by atomic mass is 16.2. The Morgan fingerprint density at radius 1 is 1.21 bits per heavy atom. The third-order valence-electron chi connectivity index (χ3n) is 5.57. The number of imidazole rings is 1. The number of aromatic nitrogens is 7. The Labute approximate surface area is 189 Å². The summed E-state index contributed by atoms with van der Waals surface area (Å²) < 4.78 is 3.59. The lowest BCUT2D eigenvalue weighted by Gasteiger charge is -2.38. The average molecular weight is 442 g/mol. The van der Waals surface area contributed by atoms with Crippen molar-refractivity contribution >= 4 is 22.8 Å². The number of carbonyl (C=O) groups excluding carboxylic acids is 1. The molecule has 0 atom stereocenters. The Kier molecular flexibility index (Phi) is 4.97. The summed E-state index contributed by atoms with van der Waals surface area (Å²) in [5, 5.41) is 21.2. The maximum atomic E-state index is 11.5. The third kappa shape index (κ3) is 3.76. The van der Waals surface area contributed by atoms with Gasteiger partial charge in [0, 0.05) is 55.8 Å². The zero-order valence-electron chi connectivity index (χ0n) is 18.5. The highest BCUT2D eigenvalue weighted by Crippen LogP contribution is 2.30. The van der Waals surface area contributed by atoms with Crippen molar-refractivity contribution in [1.82, 2.24) is 39.4 Å². The first-order valence-corrected chi connectivity index (χ1v) is 10.6. The Balaban J connectivity index is 1.49. The average Bonchev–Trinajstić information content (AvgIpc) is 3.39. The minimum absolute atomic E-state index is 0.0696. The number of anilines is 1. The smallest absolute Gasteiger partial charge is 0.219 e. The van der Waals surface area contributed by atoms with Crippen LogP contribution < -0.4 is 5.32 Å². The SMILES string of the molecule is CC(=O)N1CC(n2cc(-c3cnc(-n4cnc5cc(C#N)cnc54)cc3NC(C)C)nn2)C1. The van der Waals surface area contributed by atoms with Gasteiger partial charge in [-0.25, -0.2) is 19.6 Å². The highest BCUT2D eigenvalue weighted by molar-refractivity contribution is 5.78. The van der Waals surface area contributed by atoms with Gasteiger partial charge in [0.15, 0.2) is 5.65 Å². The molecule has 1 saturated heterocycles. The van der Waals surface area contributed by atoms with Gasteiger partial charge >= 0.3 is 0 Å². The Morgan fingerprint density at radius 3 is 2.76 bits per heavy atom. The maximum Gasteiger partial charge on any atom is 0.219 e. The van der Waals surface area contributed by atoms with E-state index in [1.165, 1.54) is 6.20 Å². The molecule has 1 N–H and O–H groups in total. The molecule has 1 fully saturated rings. The zero-order chi connectivity index (χ0) is 23.1. The molecule has 0 spiro atoms. The normalized spacial score (nSPS) is 13.8. The number of likely N-dealkylation sites (tertiary alicyclic amines) is 1. The largest absolute Gasteiger partial charge is 0.382 e. The molecule has 1 aliphatic rings. The minimum Gasteiger partial charge on any atom is -0.382 e. The molecule has 4 aromatic heterocycles. The van der Waals surface area contributed by atoms with E-state index in [0.717, 1.165) is 11.3 Å². The van der Waals surface area contributed by atoms with Crippen molar-refractivity contribution in [2.75, 3.05) is 18.4 Å². The first-order valence-electron chi connectivity index (χ1n) is 10.6. The lowest BCUT2D eigenvalue weighted by Crippen LogP contribution is -2.50. The number of hydrogen-bond donors (Lipinski definition) is 1. The van der Waals surface area contributed by atoms with Gasteiger partial charge in [-0.15, -0.1) is 5.10 Å². The van der Waals surface area contributed by atoms with E-state index in [1.807, 2.05) is 16.9 Å². The number of pyridine rings is 2. The second-order valence-corrected chi connectivity index (χ2v) is 8.34. The quantitative estimate of drug-likeness (QED) is 0.498. The van der Waals surface area contributed by atoms with Crippen LogP contribution in [-0.2, 0) is 4.79 Å². The van der Waals surface area contributed by atoms with Crippen molar-refractivity contribution in [3.8, 4) is 23.1 Å².